The lowest BCUT2D eigenvalue weighted by Crippen LogP contribution is -2.59. The van der Waals surface area contributed by atoms with Gasteiger partial charge in [0, 0.05) is 30.5 Å². The maximum absolute atomic E-state index is 9.49. The van der Waals surface area contributed by atoms with Gasteiger partial charge in [-0.15, -0.1) is 0 Å². The van der Waals surface area contributed by atoms with Crippen LogP contribution in [0.2, 0.25) is 0 Å². The van der Waals surface area contributed by atoms with Crippen molar-refractivity contribution in [2.75, 3.05) is 24.5 Å². The van der Waals surface area contributed by atoms with Crippen molar-refractivity contribution in [2.24, 2.45) is 0 Å². The van der Waals surface area contributed by atoms with Crippen molar-refractivity contribution in [2.45, 2.75) is 43.6 Å². The Morgan fingerprint density at radius 1 is 1.33 bits per heavy atom. The number of anilines is 1. The van der Waals surface area contributed by atoms with E-state index in [9.17, 15) is 5.26 Å². The first-order valence-corrected chi connectivity index (χ1v) is 8.94. The summed E-state index contributed by atoms with van der Waals surface area (Å²) < 4.78 is 0. The largest absolute Gasteiger partial charge is 0.365 e. The lowest BCUT2D eigenvalue weighted by Gasteiger charge is -2.48. The van der Waals surface area contributed by atoms with Crippen LogP contribution in [0.5, 0.6) is 0 Å². The van der Waals surface area contributed by atoms with E-state index >= 15 is 0 Å². The van der Waals surface area contributed by atoms with Gasteiger partial charge < -0.3 is 4.90 Å². The van der Waals surface area contributed by atoms with Gasteiger partial charge in [-0.1, -0.05) is 28.4 Å². The van der Waals surface area contributed by atoms with E-state index in [0.29, 0.717) is 12.1 Å². The van der Waals surface area contributed by atoms with Crippen molar-refractivity contribution < 1.29 is 0 Å². The minimum Gasteiger partial charge on any atom is -0.365 e. The van der Waals surface area contributed by atoms with Gasteiger partial charge in [0.2, 0.25) is 0 Å². The fourth-order valence-corrected chi connectivity index (χ4v) is 4.04. The summed E-state index contributed by atoms with van der Waals surface area (Å²) in [6.07, 6.45) is 3.98. The predicted octanol–water partition coefficient (Wildman–Crippen LogP) is 3.52. The molecule has 2 aliphatic rings. The predicted molar refractivity (Wildman–Crippen MR) is 89.8 cm³/mol. The SMILES string of the molecule is CC1CN2CCCCC2CN1c1ccc(CBr)cc1C#N. The van der Waals surface area contributed by atoms with Crippen molar-refractivity contribution in [3.63, 3.8) is 0 Å². The maximum Gasteiger partial charge on any atom is 0.101 e. The Morgan fingerprint density at radius 2 is 2.19 bits per heavy atom. The second kappa shape index (κ2) is 6.37. The van der Waals surface area contributed by atoms with Crippen molar-refractivity contribution in [3.05, 3.63) is 29.3 Å². The number of alkyl halides is 1. The fourth-order valence-electron chi connectivity index (χ4n) is 3.69. The summed E-state index contributed by atoms with van der Waals surface area (Å²) in [6, 6.07) is 9.80. The summed E-state index contributed by atoms with van der Waals surface area (Å²) in [6.45, 7) is 5.71. The van der Waals surface area contributed by atoms with Gasteiger partial charge >= 0.3 is 0 Å². The highest BCUT2D eigenvalue weighted by Gasteiger charge is 2.33. The fraction of sp³-hybridized carbons (Fsp3) is 0.588. The summed E-state index contributed by atoms with van der Waals surface area (Å²) in [5.41, 5.74) is 3.09. The number of nitriles is 1. The number of hydrogen-bond acceptors (Lipinski definition) is 3. The summed E-state index contributed by atoms with van der Waals surface area (Å²) >= 11 is 3.47. The standard InChI is InChI=1S/C17H22BrN3/c1-13-11-20-7-3-2-4-16(20)12-21(13)17-6-5-14(9-18)8-15(17)10-19/h5-6,8,13,16H,2-4,7,9,11-12H2,1H3. The van der Waals surface area contributed by atoms with Crippen molar-refractivity contribution >= 4 is 21.6 Å². The Morgan fingerprint density at radius 3 is 2.95 bits per heavy atom. The smallest absolute Gasteiger partial charge is 0.101 e. The highest BCUT2D eigenvalue weighted by atomic mass is 79.9. The van der Waals surface area contributed by atoms with Crippen LogP contribution in [-0.4, -0.2) is 36.6 Å². The Balaban J connectivity index is 1.87. The van der Waals surface area contributed by atoms with E-state index in [1.807, 2.05) is 6.07 Å². The third kappa shape index (κ3) is 2.95. The van der Waals surface area contributed by atoms with Gasteiger partial charge in [0.05, 0.1) is 11.3 Å². The number of fused-ring (bicyclic) bond motifs is 1. The number of piperidine rings is 1. The van der Waals surface area contributed by atoms with Crippen LogP contribution in [0.15, 0.2) is 18.2 Å². The molecule has 112 valence electrons. The number of rotatable bonds is 2. The molecule has 2 fully saturated rings. The minimum atomic E-state index is 0.473. The Labute approximate surface area is 135 Å². The van der Waals surface area contributed by atoms with Crippen molar-refractivity contribution in [1.29, 1.82) is 5.26 Å². The lowest BCUT2D eigenvalue weighted by atomic mass is 9.96. The van der Waals surface area contributed by atoms with Crippen molar-refractivity contribution in [1.82, 2.24) is 4.90 Å². The second-order valence-corrected chi connectivity index (χ2v) is 6.80. The topological polar surface area (TPSA) is 30.3 Å². The summed E-state index contributed by atoms with van der Waals surface area (Å²) in [5, 5.41) is 10.3. The molecule has 21 heavy (non-hydrogen) atoms. The maximum atomic E-state index is 9.49. The molecule has 0 saturated carbocycles. The van der Waals surface area contributed by atoms with E-state index in [0.717, 1.165) is 29.7 Å². The molecule has 0 aliphatic carbocycles. The van der Waals surface area contributed by atoms with Crippen molar-refractivity contribution in [3.8, 4) is 6.07 Å². The van der Waals surface area contributed by atoms with Crippen LogP contribution in [-0.2, 0) is 5.33 Å². The van der Waals surface area contributed by atoms with Gasteiger partial charge in [0.25, 0.3) is 0 Å². The van der Waals surface area contributed by atoms with Gasteiger partial charge in [-0.2, -0.15) is 5.26 Å². The lowest BCUT2D eigenvalue weighted by molar-refractivity contribution is 0.115. The first-order chi connectivity index (χ1) is 10.2. The van der Waals surface area contributed by atoms with E-state index in [-0.39, 0.29) is 0 Å². The molecule has 2 aliphatic heterocycles. The highest BCUT2D eigenvalue weighted by Crippen LogP contribution is 2.30. The van der Waals surface area contributed by atoms with Crippen LogP contribution in [0, 0.1) is 11.3 Å². The molecule has 0 spiro atoms. The van der Waals surface area contributed by atoms with E-state index in [2.05, 4.69) is 50.9 Å². The summed E-state index contributed by atoms with van der Waals surface area (Å²) in [7, 11) is 0. The molecule has 3 nitrogen and oxygen atoms in total. The Kier molecular flexibility index (Phi) is 4.51. The molecule has 1 aromatic rings. The Hall–Kier alpha value is -1.05. The van der Waals surface area contributed by atoms with Gasteiger partial charge in [-0.25, -0.2) is 0 Å². The molecule has 0 radical (unpaired) electrons. The first-order valence-electron chi connectivity index (χ1n) is 7.82. The van der Waals surface area contributed by atoms with Crippen LogP contribution >= 0.6 is 15.9 Å². The molecular weight excluding hydrogens is 326 g/mol. The molecule has 4 heteroatoms. The van der Waals surface area contributed by atoms with Crippen LogP contribution in [0.1, 0.15) is 37.3 Å². The van der Waals surface area contributed by atoms with Gasteiger partial charge in [0.1, 0.15) is 6.07 Å². The number of nitrogens with zero attached hydrogens (tertiary/aromatic N) is 3. The van der Waals surface area contributed by atoms with Crippen LogP contribution in [0.4, 0.5) is 5.69 Å². The number of hydrogen-bond donors (Lipinski definition) is 0. The molecular formula is C17H22BrN3. The minimum absolute atomic E-state index is 0.473. The quantitative estimate of drug-likeness (QED) is 0.766. The first kappa shape index (κ1) is 14.9. The number of piperazine rings is 1. The third-order valence-corrected chi connectivity index (χ3v) is 5.48. The molecule has 0 aromatic heterocycles. The molecule has 0 amide bonds. The van der Waals surface area contributed by atoms with Gasteiger partial charge in [-0.3, -0.25) is 4.90 Å². The molecule has 2 saturated heterocycles. The summed E-state index contributed by atoms with van der Waals surface area (Å²) in [4.78, 5) is 5.09. The van der Waals surface area contributed by atoms with Gasteiger partial charge in [-0.05, 0) is 44.0 Å². The molecule has 3 rings (SSSR count). The van der Waals surface area contributed by atoms with Crippen LogP contribution < -0.4 is 4.90 Å². The van der Waals surface area contributed by atoms with E-state index in [4.69, 9.17) is 0 Å². The molecule has 2 unspecified atom stereocenters. The molecule has 0 N–H and O–H groups in total. The third-order valence-electron chi connectivity index (χ3n) is 4.83. The average Bonchev–Trinajstić information content (AvgIpc) is 2.53. The molecule has 1 aromatic carbocycles. The highest BCUT2D eigenvalue weighted by molar-refractivity contribution is 9.08. The number of benzene rings is 1. The van der Waals surface area contributed by atoms with E-state index < -0.39 is 0 Å². The van der Waals surface area contributed by atoms with E-state index in [1.165, 1.54) is 31.4 Å². The average molecular weight is 348 g/mol. The Bertz CT molecular complexity index is 551. The molecule has 0 bridgehead atoms. The van der Waals surface area contributed by atoms with E-state index in [1.54, 1.807) is 0 Å². The second-order valence-electron chi connectivity index (χ2n) is 6.24. The van der Waals surface area contributed by atoms with Gasteiger partial charge in [0.15, 0.2) is 0 Å². The normalized spacial score (nSPS) is 26.2. The zero-order valence-corrected chi connectivity index (χ0v) is 14.1. The summed E-state index contributed by atoms with van der Waals surface area (Å²) in [5.74, 6) is 0. The number of halogens is 1. The zero-order valence-electron chi connectivity index (χ0n) is 12.6. The van der Waals surface area contributed by atoms with Crippen LogP contribution in [0.3, 0.4) is 0 Å². The zero-order chi connectivity index (χ0) is 14.8. The monoisotopic (exact) mass is 347 g/mol. The molecule has 2 heterocycles. The molecule has 2 atom stereocenters. The van der Waals surface area contributed by atoms with Crippen LogP contribution in [0.25, 0.3) is 0 Å².